The van der Waals surface area contributed by atoms with Crippen LogP contribution in [0.2, 0.25) is 10.0 Å². The van der Waals surface area contributed by atoms with E-state index in [2.05, 4.69) is 10.5 Å². The lowest BCUT2D eigenvalue weighted by Crippen LogP contribution is -2.39. The van der Waals surface area contributed by atoms with Gasteiger partial charge in [-0.05, 0) is 48.0 Å². The smallest absolute Gasteiger partial charge is 0.264 e. The maximum atomic E-state index is 13.3. The first-order valence-electron chi connectivity index (χ1n) is 9.30. The minimum atomic E-state index is -4.09. The number of methoxy groups -OCH3 is 1. The van der Waals surface area contributed by atoms with Crippen molar-refractivity contribution in [3.63, 3.8) is 0 Å². The largest absolute Gasteiger partial charge is 0.497 e. The Bertz CT molecular complexity index is 1230. The van der Waals surface area contributed by atoms with Crippen LogP contribution in [0.15, 0.2) is 82.8 Å². The predicted octanol–water partition coefficient (Wildman–Crippen LogP) is 4.35. The maximum absolute atomic E-state index is 13.3. The number of rotatable bonds is 8. The summed E-state index contributed by atoms with van der Waals surface area (Å²) >= 11 is 12.2. The molecule has 0 aliphatic carbocycles. The Hall–Kier alpha value is -3.07. The fourth-order valence-electron chi connectivity index (χ4n) is 2.77. The maximum Gasteiger partial charge on any atom is 0.264 e. The molecule has 0 unspecified atom stereocenters. The van der Waals surface area contributed by atoms with Gasteiger partial charge in [0.25, 0.3) is 15.9 Å². The second-order valence-electron chi connectivity index (χ2n) is 6.49. The van der Waals surface area contributed by atoms with Crippen LogP contribution in [0.5, 0.6) is 5.75 Å². The van der Waals surface area contributed by atoms with Gasteiger partial charge in [0.2, 0.25) is 0 Å². The van der Waals surface area contributed by atoms with Crippen LogP contribution in [0.1, 0.15) is 5.56 Å². The highest BCUT2D eigenvalue weighted by molar-refractivity contribution is 7.92. The molecule has 32 heavy (non-hydrogen) atoms. The molecular formula is C22H19Cl2N3O4S. The van der Waals surface area contributed by atoms with E-state index < -0.39 is 22.5 Å². The van der Waals surface area contributed by atoms with Gasteiger partial charge in [0.05, 0.1) is 28.9 Å². The van der Waals surface area contributed by atoms with Crippen LogP contribution >= 0.6 is 23.2 Å². The van der Waals surface area contributed by atoms with Gasteiger partial charge < -0.3 is 4.74 Å². The molecule has 3 rings (SSSR count). The minimum absolute atomic E-state index is 0.0127. The summed E-state index contributed by atoms with van der Waals surface area (Å²) in [6.45, 7) is -0.548. The quantitative estimate of drug-likeness (QED) is 0.374. The lowest BCUT2D eigenvalue weighted by molar-refractivity contribution is -0.119. The fraction of sp³-hybridized carbons (Fsp3) is 0.0909. The summed E-state index contributed by atoms with van der Waals surface area (Å²) in [7, 11) is -2.55. The number of amides is 1. The van der Waals surface area contributed by atoms with E-state index in [1.54, 1.807) is 49.6 Å². The first kappa shape index (κ1) is 23.6. The molecule has 1 amide bonds. The van der Waals surface area contributed by atoms with Crippen molar-refractivity contribution in [3.8, 4) is 5.75 Å². The second kappa shape index (κ2) is 10.5. The Morgan fingerprint density at radius 2 is 1.81 bits per heavy atom. The van der Waals surface area contributed by atoms with E-state index in [0.717, 1.165) is 4.31 Å². The topological polar surface area (TPSA) is 88.1 Å². The number of hydrogen-bond donors (Lipinski definition) is 1. The van der Waals surface area contributed by atoms with Gasteiger partial charge in [-0.2, -0.15) is 5.10 Å². The van der Waals surface area contributed by atoms with Crippen molar-refractivity contribution < 1.29 is 17.9 Å². The van der Waals surface area contributed by atoms with Crippen molar-refractivity contribution in [2.24, 2.45) is 5.10 Å². The summed E-state index contributed by atoms with van der Waals surface area (Å²) in [6.07, 6.45) is 1.42. The molecule has 0 fully saturated rings. The summed E-state index contributed by atoms with van der Waals surface area (Å²) < 4.78 is 32.6. The molecular weight excluding hydrogens is 473 g/mol. The summed E-state index contributed by atoms with van der Waals surface area (Å²) in [6, 6.07) is 19.1. The first-order valence-corrected chi connectivity index (χ1v) is 11.5. The van der Waals surface area contributed by atoms with E-state index in [0.29, 0.717) is 16.3 Å². The fourth-order valence-corrected chi connectivity index (χ4v) is 4.79. The average Bonchev–Trinajstić information content (AvgIpc) is 2.78. The van der Waals surface area contributed by atoms with E-state index >= 15 is 0 Å². The average molecular weight is 492 g/mol. The van der Waals surface area contributed by atoms with Crippen LogP contribution in [0.3, 0.4) is 0 Å². The van der Waals surface area contributed by atoms with E-state index in [1.165, 1.54) is 36.5 Å². The number of benzene rings is 3. The monoisotopic (exact) mass is 491 g/mol. The van der Waals surface area contributed by atoms with Gasteiger partial charge in [0.1, 0.15) is 12.3 Å². The van der Waals surface area contributed by atoms with E-state index in [-0.39, 0.29) is 15.6 Å². The Labute approximate surface area is 196 Å². The van der Waals surface area contributed by atoms with Crippen LogP contribution in [-0.2, 0) is 14.8 Å². The van der Waals surface area contributed by atoms with E-state index in [4.69, 9.17) is 27.9 Å². The van der Waals surface area contributed by atoms with Crippen LogP contribution in [0.4, 0.5) is 5.69 Å². The van der Waals surface area contributed by atoms with Crippen molar-refractivity contribution in [2.75, 3.05) is 18.0 Å². The van der Waals surface area contributed by atoms with Gasteiger partial charge in [0.15, 0.2) is 0 Å². The third-order valence-corrected chi connectivity index (χ3v) is 6.61. The number of nitrogens with one attached hydrogen (secondary N) is 1. The number of nitrogens with zero attached hydrogens (tertiary/aromatic N) is 2. The molecule has 10 heteroatoms. The zero-order valence-electron chi connectivity index (χ0n) is 16.9. The molecule has 0 saturated carbocycles. The molecule has 166 valence electrons. The SMILES string of the molecule is COc1cccc(/C=N\NC(=O)CN(c2ccc(Cl)cc2Cl)S(=O)(=O)c2ccccc2)c1. The Kier molecular flexibility index (Phi) is 7.74. The Morgan fingerprint density at radius 1 is 1.06 bits per heavy atom. The van der Waals surface area contributed by atoms with Crippen molar-refractivity contribution in [2.45, 2.75) is 4.90 Å². The Balaban J connectivity index is 1.85. The van der Waals surface area contributed by atoms with Crippen molar-refractivity contribution in [1.82, 2.24) is 5.43 Å². The van der Waals surface area contributed by atoms with Crippen LogP contribution in [0.25, 0.3) is 0 Å². The zero-order chi connectivity index (χ0) is 23.1. The highest BCUT2D eigenvalue weighted by atomic mass is 35.5. The highest BCUT2D eigenvalue weighted by Gasteiger charge is 2.28. The van der Waals surface area contributed by atoms with E-state index in [1.807, 2.05) is 0 Å². The highest BCUT2D eigenvalue weighted by Crippen LogP contribution is 2.32. The van der Waals surface area contributed by atoms with Crippen molar-refractivity contribution >= 4 is 51.0 Å². The molecule has 0 radical (unpaired) electrons. The van der Waals surface area contributed by atoms with Crippen molar-refractivity contribution in [3.05, 3.63) is 88.4 Å². The number of ether oxygens (including phenoxy) is 1. The molecule has 1 N–H and O–H groups in total. The molecule has 3 aromatic rings. The predicted molar refractivity (Wildman–Crippen MR) is 126 cm³/mol. The summed E-state index contributed by atoms with van der Waals surface area (Å²) in [4.78, 5) is 12.6. The van der Waals surface area contributed by atoms with Crippen LogP contribution in [-0.4, -0.2) is 34.2 Å². The minimum Gasteiger partial charge on any atom is -0.497 e. The number of sulfonamides is 1. The molecule has 0 aliphatic heterocycles. The van der Waals surface area contributed by atoms with Gasteiger partial charge in [-0.1, -0.05) is 53.5 Å². The molecule has 7 nitrogen and oxygen atoms in total. The summed E-state index contributed by atoms with van der Waals surface area (Å²) in [5.74, 6) is -0.0209. The first-order chi connectivity index (χ1) is 15.3. The summed E-state index contributed by atoms with van der Waals surface area (Å²) in [5, 5.41) is 4.32. The van der Waals surface area contributed by atoms with Crippen molar-refractivity contribution in [1.29, 1.82) is 0 Å². The molecule has 3 aromatic carbocycles. The second-order valence-corrected chi connectivity index (χ2v) is 9.20. The number of hydrogen-bond acceptors (Lipinski definition) is 5. The normalized spacial score (nSPS) is 11.3. The van der Waals surface area contributed by atoms with Gasteiger partial charge >= 0.3 is 0 Å². The molecule has 0 aliphatic rings. The standard InChI is InChI=1S/C22H19Cl2N3O4S/c1-31-18-7-5-6-16(12-18)14-25-26-22(28)15-27(21-11-10-17(23)13-20(21)24)32(29,30)19-8-3-2-4-9-19/h2-14H,15H2,1H3,(H,26,28)/b25-14-. The summed E-state index contributed by atoms with van der Waals surface area (Å²) in [5.41, 5.74) is 3.15. The van der Waals surface area contributed by atoms with Crippen LogP contribution < -0.4 is 14.5 Å². The third kappa shape index (κ3) is 5.79. The number of anilines is 1. The van der Waals surface area contributed by atoms with Gasteiger partial charge in [0, 0.05) is 5.02 Å². The molecule has 0 aromatic heterocycles. The molecule has 0 heterocycles. The van der Waals surface area contributed by atoms with Crippen LogP contribution in [0, 0.1) is 0 Å². The zero-order valence-corrected chi connectivity index (χ0v) is 19.2. The number of carbonyl (C=O) groups is 1. The van der Waals surface area contributed by atoms with Gasteiger partial charge in [-0.25, -0.2) is 13.8 Å². The lowest BCUT2D eigenvalue weighted by Gasteiger charge is -2.24. The number of hydrazone groups is 1. The Morgan fingerprint density at radius 3 is 2.50 bits per heavy atom. The molecule has 0 bridgehead atoms. The van der Waals surface area contributed by atoms with Gasteiger partial charge in [-0.3, -0.25) is 9.10 Å². The molecule has 0 saturated heterocycles. The molecule has 0 atom stereocenters. The third-order valence-electron chi connectivity index (χ3n) is 4.29. The number of halogens is 2. The van der Waals surface area contributed by atoms with E-state index in [9.17, 15) is 13.2 Å². The lowest BCUT2D eigenvalue weighted by atomic mass is 10.2. The van der Waals surface area contributed by atoms with Gasteiger partial charge in [-0.15, -0.1) is 0 Å². The number of carbonyl (C=O) groups excluding carboxylic acids is 1. The molecule has 0 spiro atoms.